The lowest BCUT2D eigenvalue weighted by Gasteiger charge is -2.42. The van der Waals surface area contributed by atoms with Crippen molar-refractivity contribution >= 4 is 12.6 Å². The number of nitrogens with zero attached hydrogens (tertiary/aromatic N) is 3. The molecule has 0 radical (unpaired) electrons. The molecule has 1 saturated heterocycles. The number of pyridine rings is 1. The van der Waals surface area contributed by atoms with Crippen molar-refractivity contribution in [1.29, 1.82) is 0 Å². The van der Waals surface area contributed by atoms with Crippen molar-refractivity contribution in [1.82, 2.24) is 14.8 Å². The summed E-state index contributed by atoms with van der Waals surface area (Å²) >= 11 is 4.36. The van der Waals surface area contributed by atoms with E-state index in [1.807, 2.05) is 24.4 Å². The molecular formula is C41H47N3O6S. The maximum Gasteiger partial charge on any atom is 0.203 e. The molecule has 1 unspecified atom stereocenters. The van der Waals surface area contributed by atoms with Gasteiger partial charge in [0, 0.05) is 36.9 Å². The largest absolute Gasteiger partial charge is 0.507 e. The number of phenolic OH excluding ortho intramolecular Hbond substituents is 1. The van der Waals surface area contributed by atoms with Gasteiger partial charge in [-0.05, 0) is 103 Å². The van der Waals surface area contributed by atoms with E-state index in [1.54, 1.807) is 41.6 Å². The Morgan fingerprint density at radius 3 is 2.12 bits per heavy atom. The average Bonchev–Trinajstić information content (AvgIpc) is 3.18. The van der Waals surface area contributed by atoms with Crippen LogP contribution in [0, 0.1) is 0 Å². The quantitative estimate of drug-likeness (QED) is 0.135. The van der Waals surface area contributed by atoms with Crippen molar-refractivity contribution in [3.8, 4) is 51.1 Å². The topological polar surface area (TPSA) is 85.8 Å². The van der Waals surface area contributed by atoms with Gasteiger partial charge in [-0.25, -0.2) is 0 Å². The minimum atomic E-state index is 0.0712. The van der Waals surface area contributed by atoms with Gasteiger partial charge in [0.05, 0.1) is 46.1 Å². The van der Waals surface area contributed by atoms with Crippen molar-refractivity contribution < 1.29 is 28.8 Å². The third kappa shape index (κ3) is 8.30. The Labute approximate surface area is 306 Å². The smallest absolute Gasteiger partial charge is 0.203 e. The molecule has 2 heterocycles. The van der Waals surface area contributed by atoms with Crippen molar-refractivity contribution in [2.45, 2.75) is 49.3 Å². The number of benzene rings is 3. The van der Waals surface area contributed by atoms with Crippen molar-refractivity contribution in [2.75, 3.05) is 48.6 Å². The zero-order chi connectivity index (χ0) is 35.9. The van der Waals surface area contributed by atoms with Crippen molar-refractivity contribution in [3.05, 3.63) is 102 Å². The fourth-order valence-corrected chi connectivity index (χ4v) is 7.30. The number of thiol groups is 1. The summed E-state index contributed by atoms with van der Waals surface area (Å²) < 4.78 is 27.8. The third-order valence-corrected chi connectivity index (χ3v) is 10.3. The highest BCUT2D eigenvalue weighted by Gasteiger charge is 2.30. The summed E-state index contributed by atoms with van der Waals surface area (Å²) in [6.07, 6.45) is 11.5. The summed E-state index contributed by atoms with van der Waals surface area (Å²) in [6.45, 7) is 3.65. The Hall–Kier alpha value is -4.64. The number of ether oxygens (including phenoxy) is 5. The SMILES string of the molecule is COC1=CC(N(Cc2ccc(-c3cc(OC)c(OC)c(OC)c3)cc2)C2CCN(Cc3ccnc(-c4cc(O)c(S)c(OC)c4)c3)CC2)CC=C1. The van der Waals surface area contributed by atoms with Gasteiger partial charge in [-0.15, -0.1) is 12.6 Å². The van der Waals surface area contributed by atoms with Gasteiger partial charge >= 0.3 is 0 Å². The first-order chi connectivity index (χ1) is 24.8. The minimum Gasteiger partial charge on any atom is -0.507 e. The number of allylic oxidation sites excluding steroid dienone is 1. The van der Waals surface area contributed by atoms with Crippen LogP contribution in [0.1, 0.15) is 30.4 Å². The first-order valence-electron chi connectivity index (χ1n) is 17.2. The summed E-state index contributed by atoms with van der Waals surface area (Å²) in [5.41, 5.74) is 6.10. The second-order valence-electron chi connectivity index (χ2n) is 12.9. The molecule has 1 atom stereocenters. The van der Waals surface area contributed by atoms with Crippen molar-refractivity contribution in [3.63, 3.8) is 0 Å². The van der Waals surface area contributed by atoms with Gasteiger partial charge in [-0.3, -0.25) is 14.8 Å². The predicted molar refractivity (Wildman–Crippen MR) is 203 cm³/mol. The molecule has 51 heavy (non-hydrogen) atoms. The molecule has 1 N–H and O–H groups in total. The molecule has 2 aliphatic rings. The summed E-state index contributed by atoms with van der Waals surface area (Å²) in [5, 5.41) is 10.4. The summed E-state index contributed by atoms with van der Waals surface area (Å²) in [7, 11) is 8.20. The number of aromatic nitrogens is 1. The van der Waals surface area contributed by atoms with Crippen LogP contribution in [0.15, 0.2) is 95.7 Å². The molecule has 10 heteroatoms. The van der Waals surface area contributed by atoms with E-state index in [2.05, 4.69) is 82.0 Å². The van der Waals surface area contributed by atoms with Gasteiger partial charge < -0.3 is 28.8 Å². The van der Waals surface area contributed by atoms with E-state index in [1.165, 1.54) is 11.1 Å². The first kappa shape index (κ1) is 36.2. The van der Waals surface area contributed by atoms with Gasteiger partial charge in [0.15, 0.2) is 11.5 Å². The molecule has 3 aromatic carbocycles. The minimum absolute atomic E-state index is 0.0712. The fraction of sp³-hybridized carbons (Fsp3) is 0.341. The molecular weight excluding hydrogens is 663 g/mol. The Kier molecular flexibility index (Phi) is 11.8. The highest BCUT2D eigenvalue weighted by Crippen LogP contribution is 2.41. The van der Waals surface area contributed by atoms with Crippen LogP contribution in [-0.2, 0) is 17.8 Å². The average molecular weight is 710 g/mol. The monoisotopic (exact) mass is 709 g/mol. The summed E-state index contributed by atoms with van der Waals surface area (Å²) in [6, 6.07) is 21.1. The molecule has 9 nitrogen and oxygen atoms in total. The van der Waals surface area contributed by atoms with E-state index in [0.29, 0.717) is 33.9 Å². The molecule has 1 aromatic heterocycles. The van der Waals surface area contributed by atoms with Crippen LogP contribution in [0.4, 0.5) is 0 Å². The van der Waals surface area contributed by atoms with E-state index in [9.17, 15) is 5.11 Å². The van der Waals surface area contributed by atoms with Crippen LogP contribution in [0.2, 0.25) is 0 Å². The van der Waals surface area contributed by atoms with E-state index in [4.69, 9.17) is 23.7 Å². The van der Waals surface area contributed by atoms with Crippen LogP contribution in [-0.4, -0.2) is 80.6 Å². The van der Waals surface area contributed by atoms with Gasteiger partial charge in [0.1, 0.15) is 17.3 Å². The second-order valence-corrected chi connectivity index (χ2v) is 13.3. The standard InChI is InChI=1S/C41H47N3O6S/c1-46-34-8-6-7-33(24-34)44(26-27-9-11-29(12-10-27)30-21-37(47-2)40(50-5)38(22-30)48-3)32-14-17-43(18-15-32)25-28-13-16-42-35(19-28)31-20-36(45)41(51)39(23-31)49-4/h6,8-13,16,19-24,32-33,45,51H,7,14-15,17-18,25-26H2,1-5H3. The molecule has 1 fully saturated rings. The number of hydrogen-bond acceptors (Lipinski definition) is 10. The van der Waals surface area contributed by atoms with Crippen LogP contribution in [0.5, 0.6) is 28.7 Å². The second kappa shape index (κ2) is 16.6. The lowest BCUT2D eigenvalue weighted by molar-refractivity contribution is 0.0776. The van der Waals surface area contributed by atoms with Gasteiger partial charge in [0.2, 0.25) is 5.75 Å². The van der Waals surface area contributed by atoms with E-state index < -0.39 is 0 Å². The number of aromatic hydroxyl groups is 1. The lowest BCUT2D eigenvalue weighted by atomic mass is 9.96. The number of hydrogen-bond donors (Lipinski definition) is 2. The van der Waals surface area contributed by atoms with Crippen molar-refractivity contribution in [2.24, 2.45) is 0 Å². The number of likely N-dealkylation sites (tertiary alicyclic amines) is 1. The van der Waals surface area contributed by atoms with Crippen LogP contribution < -0.4 is 18.9 Å². The molecule has 4 aromatic rings. The van der Waals surface area contributed by atoms with E-state index >= 15 is 0 Å². The Bertz CT molecular complexity index is 1850. The van der Waals surface area contributed by atoms with E-state index in [0.717, 1.165) is 73.6 Å². The summed E-state index contributed by atoms with van der Waals surface area (Å²) in [4.78, 5) is 10.2. The van der Waals surface area contributed by atoms with E-state index in [-0.39, 0.29) is 11.8 Å². The van der Waals surface area contributed by atoms with Gasteiger partial charge in [0.25, 0.3) is 0 Å². The summed E-state index contributed by atoms with van der Waals surface area (Å²) in [5.74, 6) is 3.35. The van der Waals surface area contributed by atoms with Gasteiger partial charge in [-0.1, -0.05) is 30.3 Å². The lowest BCUT2D eigenvalue weighted by Crippen LogP contribution is -2.48. The Morgan fingerprint density at radius 1 is 0.784 bits per heavy atom. The first-order valence-corrected chi connectivity index (χ1v) is 17.6. The molecule has 6 rings (SSSR count). The maximum atomic E-state index is 10.4. The Morgan fingerprint density at radius 2 is 1.47 bits per heavy atom. The molecule has 1 aliphatic heterocycles. The highest BCUT2D eigenvalue weighted by molar-refractivity contribution is 7.80. The molecule has 0 spiro atoms. The zero-order valence-corrected chi connectivity index (χ0v) is 30.9. The maximum absolute atomic E-state index is 10.4. The normalized spacial score (nSPS) is 16.5. The molecule has 268 valence electrons. The number of methoxy groups -OCH3 is 5. The third-order valence-electron chi connectivity index (χ3n) is 9.82. The fourth-order valence-electron chi connectivity index (χ4n) is 7.08. The Balaban J connectivity index is 1.16. The molecule has 1 aliphatic carbocycles. The number of phenols is 1. The number of rotatable bonds is 13. The molecule has 0 saturated carbocycles. The zero-order valence-electron chi connectivity index (χ0n) is 30.0. The van der Waals surface area contributed by atoms with Gasteiger partial charge in [-0.2, -0.15) is 0 Å². The molecule has 0 amide bonds. The predicted octanol–water partition coefficient (Wildman–Crippen LogP) is 7.77. The van der Waals surface area contributed by atoms with Crippen LogP contribution in [0.3, 0.4) is 0 Å². The molecule has 0 bridgehead atoms. The van der Waals surface area contributed by atoms with Crippen LogP contribution >= 0.6 is 12.6 Å². The highest BCUT2D eigenvalue weighted by atomic mass is 32.1. The van der Waals surface area contributed by atoms with Crippen LogP contribution in [0.25, 0.3) is 22.4 Å². The number of piperidine rings is 1.